The quantitative estimate of drug-likeness (QED) is 0.380. The van der Waals surface area contributed by atoms with E-state index in [0.717, 1.165) is 23.3 Å². The van der Waals surface area contributed by atoms with Crippen LogP contribution in [0.5, 0.6) is 0 Å². The van der Waals surface area contributed by atoms with Crippen LogP contribution in [0, 0.1) is 25.5 Å². The first kappa shape index (κ1) is 20.2. The van der Waals surface area contributed by atoms with E-state index in [1.807, 2.05) is 31.2 Å². The molecule has 5 rings (SSSR count). The molecule has 0 N–H and O–H groups in total. The van der Waals surface area contributed by atoms with Crippen molar-refractivity contribution >= 4 is 21.6 Å². The highest BCUT2D eigenvalue weighted by molar-refractivity contribution is 7.22. The van der Waals surface area contributed by atoms with Crippen LogP contribution in [0.2, 0.25) is 0 Å². The van der Waals surface area contributed by atoms with E-state index in [1.165, 1.54) is 28.3 Å². The molecule has 0 amide bonds. The fourth-order valence-corrected chi connectivity index (χ4v) is 4.59. The molecule has 0 atom stereocenters. The zero-order valence-corrected chi connectivity index (χ0v) is 17.9. The lowest BCUT2D eigenvalue weighted by atomic mass is 10.1. The minimum Gasteiger partial charge on any atom is -0.333 e. The molecule has 0 aliphatic carbocycles. The van der Waals surface area contributed by atoms with Crippen molar-refractivity contribution in [3.63, 3.8) is 0 Å². The molecule has 160 valence electrons. The van der Waals surface area contributed by atoms with Crippen LogP contribution in [0.3, 0.4) is 0 Å². The van der Waals surface area contributed by atoms with Gasteiger partial charge in [-0.2, -0.15) is 4.98 Å². The van der Waals surface area contributed by atoms with E-state index < -0.39 is 11.6 Å². The Kier molecular flexibility index (Phi) is 4.90. The Morgan fingerprint density at radius 1 is 1.12 bits per heavy atom. The number of hydrogen-bond acceptors (Lipinski definition) is 6. The Morgan fingerprint density at radius 3 is 2.75 bits per heavy atom. The maximum Gasteiger partial charge on any atom is 0.268 e. The minimum absolute atomic E-state index is 0.0590. The number of halogens is 2. The predicted molar refractivity (Wildman–Crippen MR) is 118 cm³/mol. The van der Waals surface area contributed by atoms with Crippen molar-refractivity contribution in [1.29, 1.82) is 0 Å². The van der Waals surface area contributed by atoms with Gasteiger partial charge in [-0.25, -0.2) is 13.8 Å². The molecule has 0 fully saturated rings. The number of thiophene rings is 1. The number of benzene rings is 2. The van der Waals surface area contributed by atoms with E-state index in [-0.39, 0.29) is 17.7 Å². The molecule has 0 aliphatic heterocycles. The summed E-state index contributed by atoms with van der Waals surface area (Å²) in [5.41, 5.74) is 2.45. The molecule has 0 spiro atoms. The molecule has 0 aliphatic rings. The maximum absolute atomic E-state index is 14.1. The van der Waals surface area contributed by atoms with Crippen LogP contribution in [0.1, 0.15) is 16.7 Å². The first-order valence-corrected chi connectivity index (χ1v) is 10.6. The van der Waals surface area contributed by atoms with E-state index in [1.54, 1.807) is 6.92 Å². The second-order valence-corrected chi connectivity index (χ2v) is 8.44. The third-order valence-corrected chi connectivity index (χ3v) is 6.36. The summed E-state index contributed by atoms with van der Waals surface area (Å²) in [4.78, 5) is 23.1. The summed E-state index contributed by atoms with van der Waals surface area (Å²) < 4.78 is 34.0. The first-order chi connectivity index (χ1) is 15.4. The van der Waals surface area contributed by atoms with E-state index >= 15 is 0 Å². The number of fused-ring (bicyclic) bond motifs is 1. The van der Waals surface area contributed by atoms with Crippen LogP contribution in [0.4, 0.5) is 8.78 Å². The van der Waals surface area contributed by atoms with Crippen LogP contribution >= 0.6 is 11.3 Å². The van der Waals surface area contributed by atoms with Crippen LogP contribution in [0.25, 0.3) is 32.4 Å². The summed E-state index contributed by atoms with van der Waals surface area (Å²) in [5, 5.41) is 4.48. The highest BCUT2D eigenvalue weighted by atomic mass is 32.1. The number of aromatic nitrogens is 4. The Bertz CT molecular complexity index is 1540. The molecule has 0 bridgehead atoms. The fourth-order valence-electron chi connectivity index (χ4n) is 3.53. The average molecular weight is 450 g/mol. The van der Waals surface area contributed by atoms with Gasteiger partial charge in [0, 0.05) is 17.2 Å². The Morgan fingerprint density at radius 2 is 1.97 bits per heavy atom. The summed E-state index contributed by atoms with van der Waals surface area (Å²) in [6.45, 7) is 3.71. The van der Waals surface area contributed by atoms with Gasteiger partial charge < -0.3 is 4.52 Å². The Labute approximate surface area is 184 Å². The van der Waals surface area contributed by atoms with Gasteiger partial charge in [-0.3, -0.25) is 9.36 Å². The van der Waals surface area contributed by atoms with E-state index in [4.69, 9.17) is 4.52 Å². The lowest BCUT2D eigenvalue weighted by molar-refractivity contribution is 0.433. The lowest BCUT2D eigenvalue weighted by Gasteiger charge is -2.07. The molecule has 6 nitrogen and oxygen atoms in total. The van der Waals surface area contributed by atoms with Gasteiger partial charge in [0.1, 0.15) is 16.5 Å². The summed E-state index contributed by atoms with van der Waals surface area (Å²) in [6, 6.07) is 11.0. The molecule has 0 saturated heterocycles. The summed E-state index contributed by atoms with van der Waals surface area (Å²) >= 11 is 1.28. The molecule has 0 saturated carbocycles. The molecule has 9 heteroatoms. The smallest absolute Gasteiger partial charge is 0.268 e. The van der Waals surface area contributed by atoms with Gasteiger partial charge in [-0.1, -0.05) is 35.0 Å². The zero-order chi connectivity index (χ0) is 22.4. The minimum atomic E-state index is -0.714. The van der Waals surface area contributed by atoms with Crippen molar-refractivity contribution in [2.24, 2.45) is 0 Å². The Hall–Kier alpha value is -3.72. The van der Waals surface area contributed by atoms with E-state index in [9.17, 15) is 13.6 Å². The molecular weight excluding hydrogens is 434 g/mol. The highest BCUT2D eigenvalue weighted by Gasteiger charge is 2.21. The number of aryl methyl sites for hydroxylation is 2. The van der Waals surface area contributed by atoms with E-state index in [0.29, 0.717) is 32.4 Å². The third-order valence-electron chi connectivity index (χ3n) is 5.17. The van der Waals surface area contributed by atoms with Crippen molar-refractivity contribution in [2.75, 3.05) is 0 Å². The second kappa shape index (κ2) is 7.76. The largest absolute Gasteiger partial charge is 0.333 e. The molecule has 5 aromatic rings. The van der Waals surface area contributed by atoms with Crippen LogP contribution in [-0.4, -0.2) is 19.7 Å². The molecule has 0 unspecified atom stereocenters. The Balaban J connectivity index is 1.55. The number of hydrogen-bond donors (Lipinski definition) is 0. The van der Waals surface area contributed by atoms with Crippen molar-refractivity contribution in [3.05, 3.63) is 87.5 Å². The fraction of sp³-hybridized carbons (Fsp3) is 0.130. The molecule has 3 aromatic heterocycles. The van der Waals surface area contributed by atoms with Crippen molar-refractivity contribution in [1.82, 2.24) is 19.7 Å². The monoisotopic (exact) mass is 450 g/mol. The maximum atomic E-state index is 14.1. The standard InChI is InChI=1S/C23H16F2N4O2S/c1-12-4-3-5-14(8-12)20-27-21(31-28-20)19-13(2)18-22(32-19)26-11-29(23(18)30)10-15-6-7-16(24)9-17(15)25/h3-9,11H,10H2,1-2H3. The van der Waals surface area contributed by atoms with Gasteiger partial charge in [0.25, 0.3) is 11.4 Å². The van der Waals surface area contributed by atoms with Gasteiger partial charge in [-0.05, 0) is 31.5 Å². The molecule has 32 heavy (non-hydrogen) atoms. The first-order valence-electron chi connectivity index (χ1n) is 9.74. The van der Waals surface area contributed by atoms with Crippen LogP contribution in [0.15, 0.2) is 58.1 Å². The third kappa shape index (κ3) is 3.50. The van der Waals surface area contributed by atoms with Gasteiger partial charge in [-0.15, -0.1) is 11.3 Å². The summed E-state index contributed by atoms with van der Waals surface area (Å²) in [5.74, 6) is -0.625. The zero-order valence-electron chi connectivity index (χ0n) is 17.1. The van der Waals surface area contributed by atoms with Crippen LogP contribution < -0.4 is 5.56 Å². The van der Waals surface area contributed by atoms with Gasteiger partial charge in [0.2, 0.25) is 5.82 Å². The number of rotatable bonds is 4. The van der Waals surface area contributed by atoms with E-state index in [2.05, 4.69) is 15.1 Å². The number of nitrogens with zero attached hydrogens (tertiary/aromatic N) is 4. The van der Waals surface area contributed by atoms with Crippen molar-refractivity contribution in [3.8, 4) is 22.2 Å². The van der Waals surface area contributed by atoms with Crippen molar-refractivity contribution < 1.29 is 13.3 Å². The van der Waals surface area contributed by atoms with Crippen LogP contribution in [-0.2, 0) is 6.54 Å². The molecule has 0 radical (unpaired) electrons. The van der Waals surface area contributed by atoms with Crippen molar-refractivity contribution in [2.45, 2.75) is 20.4 Å². The topological polar surface area (TPSA) is 73.8 Å². The molecule has 3 heterocycles. The van der Waals surface area contributed by atoms with Gasteiger partial charge >= 0.3 is 0 Å². The highest BCUT2D eigenvalue weighted by Crippen LogP contribution is 2.35. The average Bonchev–Trinajstić information content (AvgIpc) is 3.37. The second-order valence-electron chi connectivity index (χ2n) is 7.44. The molecular formula is C23H16F2N4O2S. The van der Waals surface area contributed by atoms with Gasteiger partial charge in [0.15, 0.2) is 0 Å². The normalized spacial score (nSPS) is 11.4. The summed E-state index contributed by atoms with van der Waals surface area (Å²) in [7, 11) is 0. The lowest BCUT2D eigenvalue weighted by Crippen LogP contribution is -2.21. The van der Waals surface area contributed by atoms with Gasteiger partial charge in [0.05, 0.1) is 23.1 Å². The predicted octanol–water partition coefficient (Wildman–Crippen LogP) is 5.12. The SMILES string of the molecule is Cc1cccc(-c2noc(-c3sc4ncn(Cc5ccc(F)cc5F)c(=O)c4c3C)n2)c1. The molecule has 2 aromatic carbocycles. The summed E-state index contributed by atoms with van der Waals surface area (Å²) in [6.07, 6.45) is 1.36.